The second kappa shape index (κ2) is 17.4. The molecule has 0 N–H and O–H groups in total. The van der Waals surface area contributed by atoms with Gasteiger partial charge in [0.15, 0.2) is 34.9 Å². The predicted octanol–water partition coefficient (Wildman–Crippen LogP) is 14.8. The van der Waals surface area contributed by atoms with Crippen molar-refractivity contribution in [2.75, 3.05) is 0 Å². The maximum absolute atomic E-state index is 5.05. The van der Waals surface area contributed by atoms with Gasteiger partial charge in [0.05, 0.1) is 0 Å². The second-order valence-corrected chi connectivity index (χ2v) is 19.0. The van der Waals surface area contributed by atoms with Crippen LogP contribution in [-0.4, -0.2) is 34.9 Å². The number of benzene rings is 7. The molecule has 0 saturated heterocycles. The van der Waals surface area contributed by atoms with Crippen LogP contribution >= 0.6 is 0 Å². The standard InChI is InChI=1S/C62H47N7/c1-5-14-42(15-6-1)57-64-58(43-16-7-2-8-17-43)66-61(65-57)46-26-24-41(25-27-46)52-22-13-23-53-50-35-39-32-40(36-50)34-49(33-39)51-30-28-47(37-54(51)56(52)53)48-29-31-55(63-38-48)62-68-59(44-18-9-3-10-19-44)67-60(69-62)45-20-11-4-12-21-45/h1-31,37-40,49-50H,32-36H2. The van der Waals surface area contributed by atoms with Crippen LogP contribution in [0.25, 0.3) is 102 Å². The van der Waals surface area contributed by atoms with E-state index in [-0.39, 0.29) is 0 Å². The van der Waals surface area contributed by atoms with Crippen molar-refractivity contribution in [1.29, 1.82) is 0 Å². The molecule has 3 heterocycles. The second-order valence-electron chi connectivity index (χ2n) is 19.0. The van der Waals surface area contributed by atoms with E-state index in [0.717, 1.165) is 50.8 Å². The molecule has 0 radical (unpaired) electrons. The van der Waals surface area contributed by atoms with Crippen molar-refractivity contribution in [2.24, 2.45) is 11.8 Å². The Morgan fingerprint density at radius 2 is 0.710 bits per heavy atom. The molecule has 0 amide bonds. The molecule has 69 heavy (non-hydrogen) atoms. The Labute approximate surface area is 402 Å². The Bertz CT molecular complexity index is 3340. The van der Waals surface area contributed by atoms with Crippen molar-refractivity contribution in [2.45, 2.75) is 43.9 Å². The molecule has 7 nitrogen and oxygen atoms in total. The van der Waals surface area contributed by atoms with E-state index in [2.05, 4.69) is 97.1 Å². The molecule has 0 aliphatic heterocycles. The SMILES string of the molecule is c1ccc(-c2nc(-c3ccccc3)nc(-c3ccc(-c4cccc5c4-c4cc(-c6ccc(-c7nc(-c8ccccc8)nc(-c8ccccc8)n7)nc6)ccc4C4CC6CC(C4)CC5C6)cc3)n2)cc1. The van der Waals surface area contributed by atoms with Crippen LogP contribution in [0.15, 0.2) is 200 Å². The van der Waals surface area contributed by atoms with Crippen LogP contribution < -0.4 is 0 Å². The molecule has 2 saturated carbocycles. The number of rotatable bonds is 8. The van der Waals surface area contributed by atoms with Crippen LogP contribution in [0.1, 0.15) is 55.1 Å². The summed E-state index contributed by atoms with van der Waals surface area (Å²) in [4.78, 5) is 34.9. The molecule has 7 heteroatoms. The number of hydrogen-bond donors (Lipinski definition) is 0. The van der Waals surface area contributed by atoms with Gasteiger partial charge in [-0.1, -0.05) is 182 Å². The molecule has 4 bridgehead atoms. The zero-order valence-corrected chi connectivity index (χ0v) is 38.0. The molecule has 4 aliphatic rings. The molecule has 3 aromatic heterocycles. The number of aromatic nitrogens is 7. The van der Waals surface area contributed by atoms with E-state index in [1.54, 1.807) is 0 Å². The van der Waals surface area contributed by atoms with Crippen molar-refractivity contribution in [1.82, 2.24) is 34.9 Å². The van der Waals surface area contributed by atoms with Crippen LogP contribution in [0.2, 0.25) is 0 Å². The lowest BCUT2D eigenvalue weighted by Gasteiger charge is -2.42. The van der Waals surface area contributed by atoms with Gasteiger partial charge in [0.2, 0.25) is 0 Å². The van der Waals surface area contributed by atoms with Gasteiger partial charge in [0, 0.05) is 39.6 Å². The smallest absolute Gasteiger partial charge is 0.182 e. The van der Waals surface area contributed by atoms with Gasteiger partial charge in [-0.05, 0) is 107 Å². The van der Waals surface area contributed by atoms with Gasteiger partial charge in [-0.25, -0.2) is 29.9 Å². The quantitative estimate of drug-likeness (QED) is 0.150. The molecule has 0 spiro atoms. The van der Waals surface area contributed by atoms with Gasteiger partial charge in [0.25, 0.3) is 0 Å². The van der Waals surface area contributed by atoms with E-state index < -0.39 is 0 Å². The van der Waals surface area contributed by atoms with Crippen LogP contribution in [0.3, 0.4) is 0 Å². The van der Waals surface area contributed by atoms with Crippen molar-refractivity contribution in [3.63, 3.8) is 0 Å². The maximum atomic E-state index is 5.05. The minimum Gasteiger partial charge on any atom is -0.252 e. The largest absolute Gasteiger partial charge is 0.252 e. The van der Waals surface area contributed by atoms with Crippen molar-refractivity contribution >= 4 is 0 Å². The van der Waals surface area contributed by atoms with Gasteiger partial charge in [0.1, 0.15) is 5.69 Å². The molecule has 330 valence electrons. The Kier molecular flexibility index (Phi) is 10.3. The fourth-order valence-corrected chi connectivity index (χ4v) is 11.5. The molecule has 10 aromatic rings. The summed E-state index contributed by atoms with van der Waals surface area (Å²) >= 11 is 0. The highest BCUT2D eigenvalue weighted by atomic mass is 15.1. The summed E-state index contributed by atoms with van der Waals surface area (Å²) in [6.07, 6.45) is 8.39. The Morgan fingerprint density at radius 3 is 1.19 bits per heavy atom. The Morgan fingerprint density at radius 1 is 0.290 bits per heavy atom. The lowest BCUT2D eigenvalue weighted by atomic mass is 9.63. The number of pyridine rings is 1. The highest BCUT2D eigenvalue weighted by Crippen LogP contribution is 2.57. The molecule has 7 aromatic carbocycles. The first-order valence-electron chi connectivity index (χ1n) is 24.2. The van der Waals surface area contributed by atoms with Gasteiger partial charge in [-0.3, -0.25) is 4.98 Å². The minimum atomic E-state index is 0.527. The Hall–Kier alpha value is -8.29. The lowest BCUT2D eigenvalue weighted by Crippen LogP contribution is -2.29. The maximum Gasteiger partial charge on any atom is 0.182 e. The summed E-state index contributed by atoms with van der Waals surface area (Å²) in [5.41, 5.74) is 15.7. The summed E-state index contributed by atoms with van der Waals surface area (Å²) in [6, 6.07) is 67.9. The highest BCUT2D eigenvalue weighted by molar-refractivity contribution is 5.90. The van der Waals surface area contributed by atoms with Gasteiger partial charge < -0.3 is 0 Å². The summed E-state index contributed by atoms with van der Waals surface area (Å²) in [6.45, 7) is 0. The van der Waals surface area contributed by atoms with E-state index in [9.17, 15) is 0 Å². The van der Waals surface area contributed by atoms with E-state index in [1.807, 2.05) is 103 Å². The van der Waals surface area contributed by atoms with Crippen LogP contribution in [0.4, 0.5) is 0 Å². The van der Waals surface area contributed by atoms with Crippen LogP contribution in [0.5, 0.6) is 0 Å². The molecule has 2 fully saturated rings. The first-order chi connectivity index (χ1) is 34.1. The van der Waals surface area contributed by atoms with Crippen molar-refractivity contribution in [3.05, 3.63) is 211 Å². The fraction of sp³-hybridized carbons (Fsp3) is 0.145. The van der Waals surface area contributed by atoms with Crippen LogP contribution in [0, 0.1) is 11.8 Å². The molecule has 2 atom stereocenters. The zero-order chi connectivity index (χ0) is 45.7. The van der Waals surface area contributed by atoms with Crippen molar-refractivity contribution in [3.8, 4) is 102 Å². The minimum absolute atomic E-state index is 0.527. The lowest BCUT2D eigenvalue weighted by molar-refractivity contribution is 0.153. The summed E-state index contributed by atoms with van der Waals surface area (Å²) < 4.78 is 0. The van der Waals surface area contributed by atoms with Gasteiger partial charge >= 0.3 is 0 Å². The molecular formula is C62H47N7. The monoisotopic (exact) mass is 889 g/mol. The average Bonchev–Trinajstić information content (AvgIpc) is 3.49. The van der Waals surface area contributed by atoms with Crippen LogP contribution in [-0.2, 0) is 0 Å². The van der Waals surface area contributed by atoms with E-state index in [4.69, 9.17) is 34.9 Å². The predicted molar refractivity (Wildman–Crippen MR) is 275 cm³/mol. The molecular weight excluding hydrogens is 843 g/mol. The van der Waals surface area contributed by atoms with E-state index >= 15 is 0 Å². The van der Waals surface area contributed by atoms with E-state index in [0.29, 0.717) is 52.5 Å². The molecule has 14 rings (SSSR count). The van der Waals surface area contributed by atoms with Gasteiger partial charge in [-0.2, -0.15) is 0 Å². The molecule has 4 aliphatic carbocycles. The number of nitrogens with zero attached hydrogens (tertiary/aromatic N) is 7. The van der Waals surface area contributed by atoms with E-state index in [1.165, 1.54) is 65.5 Å². The zero-order valence-electron chi connectivity index (χ0n) is 38.0. The first-order valence-corrected chi connectivity index (χ1v) is 24.2. The normalized spacial score (nSPS) is 17.9. The topological polar surface area (TPSA) is 90.2 Å². The molecule has 2 unspecified atom stereocenters. The van der Waals surface area contributed by atoms with Crippen molar-refractivity contribution < 1.29 is 0 Å². The highest BCUT2D eigenvalue weighted by Gasteiger charge is 2.40. The fourth-order valence-electron chi connectivity index (χ4n) is 11.5. The third-order valence-electron chi connectivity index (χ3n) is 14.6. The summed E-state index contributed by atoms with van der Waals surface area (Å²) in [5.74, 6) is 6.33. The Balaban J connectivity index is 0.900. The van der Waals surface area contributed by atoms with Gasteiger partial charge in [-0.15, -0.1) is 0 Å². The summed E-state index contributed by atoms with van der Waals surface area (Å²) in [7, 11) is 0. The average molecular weight is 890 g/mol. The first kappa shape index (κ1) is 40.9. The third-order valence-corrected chi connectivity index (χ3v) is 14.6. The third kappa shape index (κ3) is 7.89. The summed E-state index contributed by atoms with van der Waals surface area (Å²) in [5, 5.41) is 0. The number of hydrogen-bond acceptors (Lipinski definition) is 7.